The Labute approximate surface area is 245 Å². The Morgan fingerprint density at radius 3 is 2.45 bits per heavy atom. The molecule has 1 amide bonds. The number of hydrogen-bond donors (Lipinski definition) is 2. The number of carbonyl (C=O) groups is 3. The molecule has 0 radical (unpaired) electrons. The normalized spacial score (nSPS) is 17.1. The summed E-state index contributed by atoms with van der Waals surface area (Å²) in [4.78, 5) is 42.3. The number of aliphatic carboxylic acids is 1. The van der Waals surface area contributed by atoms with Crippen LogP contribution in [0.4, 0.5) is 5.13 Å². The van der Waals surface area contributed by atoms with E-state index < -0.39 is 23.7 Å². The van der Waals surface area contributed by atoms with Crippen molar-refractivity contribution < 1.29 is 38.8 Å². The van der Waals surface area contributed by atoms with Crippen molar-refractivity contribution in [2.75, 3.05) is 25.2 Å². The van der Waals surface area contributed by atoms with Gasteiger partial charge in [0, 0.05) is 12.5 Å². The summed E-state index contributed by atoms with van der Waals surface area (Å²) in [7, 11) is 1.55. The van der Waals surface area contributed by atoms with E-state index in [-0.39, 0.29) is 11.3 Å². The highest BCUT2D eigenvalue weighted by Crippen LogP contribution is 2.46. The maximum Gasteiger partial charge on any atom is 0.301 e. The Balaban J connectivity index is 0.000000830. The summed E-state index contributed by atoms with van der Waals surface area (Å²) in [6, 6.07) is 15.2. The molecule has 4 aromatic rings. The molecule has 1 unspecified atom stereocenters. The Bertz CT molecular complexity index is 1760. The second-order valence-corrected chi connectivity index (χ2v) is 10.8. The van der Waals surface area contributed by atoms with Crippen LogP contribution in [0.5, 0.6) is 17.2 Å². The Morgan fingerprint density at radius 2 is 1.74 bits per heavy atom. The van der Waals surface area contributed by atoms with E-state index in [4.69, 9.17) is 29.1 Å². The third kappa shape index (κ3) is 5.38. The van der Waals surface area contributed by atoms with Crippen LogP contribution in [0.15, 0.2) is 60.2 Å². The van der Waals surface area contributed by atoms with E-state index in [1.54, 1.807) is 49.6 Å². The first kappa shape index (κ1) is 28.6. The number of rotatable bonds is 4. The van der Waals surface area contributed by atoms with Crippen molar-refractivity contribution in [3.05, 3.63) is 82.4 Å². The van der Waals surface area contributed by atoms with Gasteiger partial charge in [0.05, 0.1) is 28.9 Å². The molecule has 2 N–H and O–H groups in total. The number of nitrogens with zero attached hydrogens (tertiary/aromatic N) is 2. The molecule has 1 saturated heterocycles. The smallest absolute Gasteiger partial charge is 0.301 e. The van der Waals surface area contributed by atoms with E-state index in [2.05, 4.69) is 0 Å². The number of carbonyl (C=O) groups excluding carboxylic acids is 2. The first-order valence-electron chi connectivity index (χ1n) is 13.0. The zero-order valence-corrected chi connectivity index (χ0v) is 24.2. The molecular formula is C31H28N2O8S. The number of amides is 1. The number of fused-ring (bicyclic) bond motifs is 2. The minimum absolute atomic E-state index is 0.0351. The number of Topliss-reactive ketones (excluding diaryl/α,β-unsaturated/α-hetero) is 1. The number of hydrogen-bond acceptors (Lipinski definition) is 9. The first-order chi connectivity index (χ1) is 20.1. The summed E-state index contributed by atoms with van der Waals surface area (Å²) in [5.74, 6) is -1.11. The Kier molecular flexibility index (Phi) is 7.86. The van der Waals surface area contributed by atoms with Gasteiger partial charge in [0.1, 0.15) is 24.7 Å². The maximum absolute atomic E-state index is 13.6. The van der Waals surface area contributed by atoms with E-state index in [0.717, 1.165) is 28.3 Å². The minimum atomic E-state index is -0.916. The first-order valence-corrected chi connectivity index (χ1v) is 13.8. The van der Waals surface area contributed by atoms with Crippen molar-refractivity contribution in [3.63, 3.8) is 0 Å². The zero-order valence-electron chi connectivity index (χ0n) is 23.3. The fourth-order valence-electron chi connectivity index (χ4n) is 4.96. The number of carboxylic acid groups (broad SMARTS) is 1. The van der Waals surface area contributed by atoms with Crippen LogP contribution in [-0.2, 0) is 14.4 Å². The largest absolute Gasteiger partial charge is 0.507 e. The molecule has 0 saturated carbocycles. The van der Waals surface area contributed by atoms with E-state index in [1.807, 2.05) is 26.0 Å². The van der Waals surface area contributed by atoms with Gasteiger partial charge in [0.15, 0.2) is 16.6 Å². The number of carboxylic acids is 1. The van der Waals surface area contributed by atoms with Crippen molar-refractivity contribution >= 4 is 50.1 Å². The molecule has 216 valence electrons. The monoisotopic (exact) mass is 588 g/mol. The predicted molar refractivity (Wildman–Crippen MR) is 158 cm³/mol. The predicted octanol–water partition coefficient (Wildman–Crippen LogP) is 5.41. The molecule has 1 aromatic heterocycles. The summed E-state index contributed by atoms with van der Waals surface area (Å²) in [6.07, 6.45) is 0. The molecule has 1 fully saturated rings. The molecule has 10 nitrogen and oxygen atoms in total. The lowest BCUT2D eigenvalue weighted by atomic mass is 9.95. The number of aromatic nitrogens is 1. The quantitative estimate of drug-likeness (QED) is 0.182. The van der Waals surface area contributed by atoms with E-state index in [9.17, 15) is 14.7 Å². The number of anilines is 1. The molecule has 2 aliphatic rings. The number of aryl methyl sites for hydroxylation is 2. The molecule has 6 rings (SSSR count). The summed E-state index contributed by atoms with van der Waals surface area (Å²) in [5, 5.41) is 19.3. The summed E-state index contributed by atoms with van der Waals surface area (Å²) >= 11 is 1.33. The standard InChI is InChI=1S/C29H24N2O6S.C2H4O2/c1-15-11-16(2)24-22(12-15)38-29(30-24)31-25(17-5-4-6-19(13-17)35-3)23(27(33)28(31)34)26(32)18-7-8-20-21(14-18)37-10-9-36-20;1-2(3)4/h4-8,11-14,25,32H,9-10H2,1-3H3;1H3,(H,3,4). The lowest BCUT2D eigenvalue weighted by Gasteiger charge is -2.23. The van der Waals surface area contributed by atoms with Gasteiger partial charge in [-0.1, -0.05) is 29.5 Å². The summed E-state index contributed by atoms with van der Waals surface area (Å²) in [5.41, 5.74) is 3.75. The van der Waals surface area contributed by atoms with E-state index >= 15 is 0 Å². The minimum Gasteiger partial charge on any atom is -0.507 e. The van der Waals surface area contributed by atoms with Gasteiger partial charge < -0.3 is 24.4 Å². The lowest BCUT2D eigenvalue weighted by Crippen LogP contribution is -2.29. The number of benzene rings is 3. The van der Waals surface area contributed by atoms with E-state index in [0.29, 0.717) is 46.7 Å². The maximum atomic E-state index is 13.6. The van der Waals surface area contributed by atoms with Gasteiger partial charge in [-0.15, -0.1) is 0 Å². The van der Waals surface area contributed by atoms with Gasteiger partial charge in [-0.25, -0.2) is 4.98 Å². The molecule has 3 aromatic carbocycles. The van der Waals surface area contributed by atoms with Gasteiger partial charge in [-0.3, -0.25) is 19.3 Å². The zero-order chi connectivity index (χ0) is 30.1. The molecule has 1 atom stereocenters. The number of ketones is 1. The number of aliphatic hydroxyl groups is 1. The Hall–Kier alpha value is -4.90. The van der Waals surface area contributed by atoms with Crippen molar-refractivity contribution in [2.24, 2.45) is 0 Å². The average molecular weight is 589 g/mol. The highest BCUT2D eigenvalue weighted by atomic mass is 32.1. The number of methoxy groups -OCH3 is 1. The highest BCUT2D eigenvalue weighted by molar-refractivity contribution is 7.22. The molecule has 11 heteroatoms. The van der Waals surface area contributed by atoms with Crippen LogP contribution >= 0.6 is 11.3 Å². The van der Waals surface area contributed by atoms with Crippen LogP contribution in [0.3, 0.4) is 0 Å². The van der Waals surface area contributed by atoms with Crippen LogP contribution in [0.25, 0.3) is 16.0 Å². The van der Waals surface area contributed by atoms with Gasteiger partial charge in [0.2, 0.25) is 0 Å². The van der Waals surface area contributed by atoms with Crippen molar-refractivity contribution in [2.45, 2.75) is 26.8 Å². The van der Waals surface area contributed by atoms with Crippen molar-refractivity contribution in [1.29, 1.82) is 0 Å². The second kappa shape index (κ2) is 11.5. The summed E-state index contributed by atoms with van der Waals surface area (Å²) < 4.78 is 17.6. The van der Waals surface area contributed by atoms with Gasteiger partial charge in [-0.2, -0.15) is 0 Å². The number of aliphatic hydroxyl groups excluding tert-OH is 1. The topological polar surface area (TPSA) is 135 Å². The SMILES string of the molecule is CC(=O)O.COc1cccc(C2C(=C(O)c3ccc4c(c3)OCCO4)C(=O)C(=O)N2c2nc3c(C)cc(C)cc3s2)c1. The van der Waals surface area contributed by atoms with Crippen LogP contribution in [0, 0.1) is 13.8 Å². The van der Waals surface area contributed by atoms with Gasteiger partial charge >= 0.3 is 5.91 Å². The Morgan fingerprint density at radius 1 is 1.02 bits per heavy atom. The third-order valence-corrected chi connectivity index (χ3v) is 7.70. The molecule has 0 aliphatic carbocycles. The average Bonchev–Trinajstić information content (AvgIpc) is 3.50. The van der Waals surface area contributed by atoms with Gasteiger partial charge in [-0.05, 0) is 66.9 Å². The van der Waals surface area contributed by atoms with Crippen LogP contribution in [-0.4, -0.2) is 53.2 Å². The molecular weight excluding hydrogens is 560 g/mol. The van der Waals surface area contributed by atoms with E-state index in [1.165, 1.54) is 16.2 Å². The van der Waals surface area contributed by atoms with Gasteiger partial charge in [0.25, 0.3) is 11.8 Å². The van der Waals surface area contributed by atoms with Crippen LogP contribution in [0.1, 0.15) is 35.2 Å². The molecule has 3 heterocycles. The van der Waals surface area contributed by atoms with Crippen LogP contribution in [0.2, 0.25) is 0 Å². The molecule has 2 aliphatic heterocycles. The van der Waals surface area contributed by atoms with Crippen molar-refractivity contribution in [1.82, 2.24) is 4.98 Å². The van der Waals surface area contributed by atoms with Crippen LogP contribution < -0.4 is 19.1 Å². The molecule has 42 heavy (non-hydrogen) atoms. The number of thiazole rings is 1. The highest BCUT2D eigenvalue weighted by Gasteiger charge is 2.48. The summed E-state index contributed by atoms with van der Waals surface area (Å²) in [6.45, 7) is 5.86. The van der Waals surface area contributed by atoms with Crippen molar-refractivity contribution in [3.8, 4) is 17.2 Å². The second-order valence-electron chi connectivity index (χ2n) is 9.75. The number of ether oxygens (including phenoxy) is 3. The molecule has 0 bridgehead atoms. The fraction of sp³-hybridized carbons (Fsp3) is 0.226. The molecule has 0 spiro atoms. The third-order valence-electron chi connectivity index (χ3n) is 6.69. The lowest BCUT2D eigenvalue weighted by molar-refractivity contribution is -0.134. The fourth-order valence-corrected chi connectivity index (χ4v) is 6.13.